The Morgan fingerprint density at radius 2 is 1.40 bits per heavy atom. The molecule has 0 unspecified atom stereocenters. The summed E-state index contributed by atoms with van der Waals surface area (Å²) in [5.74, 6) is -2.19. The number of nitrogens with one attached hydrogen (secondary N) is 3. The zero-order valence-electron chi connectivity index (χ0n) is 18.1. The maximum atomic E-state index is 13.5. The summed E-state index contributed by atoms with van der Waals surface area (Å²) in [5.41, 5.74) is 3.72. The highest BCUT2D eigenvalue weighted by Gasteiger charge is 2.54. The zero-order chi connectivity index (χ0) is 25.0. The van der Waals surface area contributed by atoms with Crippen molar-refractivity contribution in [1.82, 2.24) is 21.1 Å². The summed E-state index contributed by atoms with van der Waals surface area (Å²) >= 11 is 0. The van der Waals surface area contributed by atoms with Gasteiger partial charge in [-0.15, -0.1) is 0 Å². The van der Waals surface area contributed by atoms with Crippen molar-refractivity contribution >= 4 is 29.4 Å². The van der Waals surface area contributed by atoms with Crippen LogP contribution in [-0.2, 0) is 15.1 Å². The summed E-state index contributed by atoms with van der Waals surface area (Å²) in [6, 6.07) is 21.3. The Kier molecular flexibility index (Phi) is 6.23. The van der Waals surface area contributed by atoms with Crippen LogP contribution in [0.1, 0.15) is 21.5 Å². The fourth-order valence-corrected chi connectivity index (χ4v) is 3.77. The fraction of sp³-hybridized carbons (Fsp3) is 0.0833. The number of nitrogens with zero attached hydrogens (tertiary/aromatic N) is 2. The number of amides is 5. The van der Waals surface area contributed by atoms with Crippen LogP contribution in [0.5, 0.6) is 0 Å². The molecule has 1 heterocycles. The SMILES string of the molecule is O=C(CN1C(=O)NC(c2ccccc2)(c2ccccc2)C1=O)NNC(=O)c1ccc([N+](=O)[O-])cc1. The number of nitro benzene ring substituents is 1. The molecule has 1 aliphatic rings. The van der Waals surface area contributed by atoms with E-state index in [1.165, 1.54) is 12.1 Å². The third-order valence-electron chi connectivity index (χ3n) is 5.48. The quantitative estimate of drug-likeness (QED) is 0.282. The van der Waals surface area contributed by atoms with Crippen molar-refractivity contribution in [3.05, 3.63) is 112 Å². The second-order valence-corrected chi connectivity index (χ2v) is 7.61. The molecule has 4 rings (SSSR count). The number of carbonyl (C=O) groups excluding carboxylic acids is 4. The van der Waals surface area contributed by atoms with E-state index >= 15 is 0 Å². The molecular weight excluding hydrogens is 454 g/mol. The first kappa shape index (κ1) is 23.1. The average molecular weight is 473 g/mol. The Hall–Kier alpha value is -5.06. The number of non-ortho nitro benzene ring substituents is 1. The van der Waals surface area contributed by atoms with Crippen LogP contribution in [-0.4, -0.2) is 40.1 Å². The van der Waals surface area contributed by atoms with Gasteiger partial charge in [0.2, 0.25) is 0 Å². The molecule has 0 aliphatic carbocycles. The molecule has 1 saturated heterocycles. The van der Waals surface area contributed by atoms with Crippen LogP contribution in [0.3, 0.4) is 0 Å². The molecule has 3 aromatic rings. The van der Waals surface area contributed by atoms with Gasteiger partial charge in [-0.05, 0) is 23.3 Å². The molecule has 11 nitrogen and oxygen atoms in total. The van der Waals surface area contributed by atoms with E-state index in [1.54, 1.807) is 60.7 Å². The van der Waals surface area contributed by atoms with Crippen LogP contribution < -0.4 is 16.2 Å². The normalized spacial score (nSPS) is 14.2. The number of urea groups is 1. The number of carbonyl (C=O) groups is 4. The molecule has 176 valence electrons. The topological polar surface area (TPSA) is 151 Å². The van der Waals surface area contributed by atoms with Gasteiger partial charge in [-0.3, -0.25) is 40.2 Å². The second-order valence-electron chi connectivity index (χ2n) is 7.61. The molecule has 0 radical (unpaired) electrons. The van der Waals surface area contributed by atoms with E-state index in [9.17, 15) is 29.3 Å². The predicted octanol–water partition coefficient (Wildman–Crippen LogP) is 1.85. The molecule has 1 fully saturated rings. The van der Waals surface area contributed by atoms with Gasteiger partial charge in [-0.1, -0.05) is 60.7 Å². The van der Waals surface area contributed by atoms with Gasteiger partial charge in [0.1, 0.15) is 6.54 Å². The van der Waals surface area contributed by atoms with E-state index in [0.717, 1.165) is 17.0 Å². The van der Waals surface area contributed by atoms with Crippen LogP contribution in [0.25, 0.3) is 0 Å². The lowest BCUT2D eigenvalue weighted by atomic mass is 9.82. The molecule has 0 spiro atoms. The number of nitro groups is 1. The van der Waals surface area contributed by atoms with Gasteiger partial charge >= 0.3 is 6.03 Å². The lowest BCUT2D eigenvalue weighted by Crippen LogP contribution is -2.49. The van der Waals surface area contributed by atoms with Crippen molar-refractivity contribution in [3.8, 4) is 0 Å². The van der Waals surface area contributed by atoms with Gasteiger partial charge in [-0.25, -0.2) is 4.79 Å². The van der Waals surface area contributed by atoms with Crippen molar-refractivity contribution in [2.75, 3.05) is 6.54 Å². The number of hydrogen-bond donors (Lipinski definition) is 3. The molecule has 1 aliphatic heterocycles. The standard InChI is InChI=1S/C24H19N5O6/c30-20(26-27-21(31)16-11-13-19(14-12-16)29(34)35)15-28-22(32)24(25-23(28)33,17-7-3-1-4-8-17)18-9-5-2-6-10-18/h1-14H,15H2,(H,25,33)(H,26,30)(H,27,31). The Morgan fingerprint density at radius 3 is 1.91 bits per heavy atom. The molecule has 0 bridgehead atoms. The third-order valence-corrected chi connectivity index (χ3v) is 5.48. The highest BCUT2D eigenvalue weighted by molar-refractivity contribution is 6.11. The first-order chi connectivity index (χ1) is 16.8. The smallest absolute Gasteiger partial charge is 0.315 e. The van der Waals surface area contributed by atoms with Gasteiger partial charge in [-0.2, -0.15) is 0 Å². The number of hydrazine groups is 1. The molecule has 0 saturated carbocycles. The summed E-state index contributed by atoms with van der Waals surface area (Å²) in [7, 11) is 0. The van der Waals surface area contributed by atoms with Crippen LogP contribution in [0.15, 0.2) is 84.9 Å². The summed E-state index contributed by atoms with van der Waals surface area (Å²) in [5, 5.41) is 13.5. The maximum absolute atomic E-state index is 13.5. The van der Waals surface area contributed by atoms with Crippen molar-refractivity contribution in [3.63, 3.8) is 0 Å². The fourth-order valence-electron chi connectivity index (χ4n) is 3.77. The van der Waals surface area contributed by atoms with Crippen molar-refractivity contribution < 1.29 is 24.1 Å². The third kappa shape index (κ3) is 4.42. The van der Waals surface area contributed by atoms with Gasteiger partial charge in [0.05, 0.1) is 4.92 Å². The molecule has 0 aromatic heterocycles. The van der Waals surface area contributed by atoms with E-state index in [0.29, 0.717) is 11.1 Å². The predicted molar refractivity (Wildman–Crippen MR) is 123 cm³/mol. The van der Waals surface area contributed by atoms with Crippen LogP contribution in [0, 0.1) is 10.1 Å². The van der Waals surface area contributed by atoms with Gasteiger partial charge < -0.3 is 5.32 Å². The zero-order valence-corrected chi connectivity index (χ0v) is 18.1. The Morgan fingerprint density at radius 1 is 0.857 bits per heavy atom. The molecule has 11 heteroatoms. The monoisotopic (exact) mass is 473 g/mol. The first-order valence-corrected chi connectivity index (χ1v) is 10.4. The average Bonchev–Trinajstić information content (AvgIpc) is 3.14. The van der Waals surface area contributed by atoms with Crippen molar-refractivity contribution in [2.24, 2.45) is 0 Å². The number of hydrogen-bond acceptors (Lipinski definition) is 6. The summed E-state index contributed by atoms with van der Waals surface area (Å²) in [6.07, 6.45) is 0. The second kappa shape index (κ2) is 9.43. The highest BCUT2D eigenvalue weighted by atomic mass is 16.6. The number of benzene rings is 3. The molecular formula is C24H19N5O6. The molecule has 0 atom stereocenters. The summed E-state index contributed by atoms with van der Waals surface area (Å²) < 4.78 is 0. The summed E-state index contributed by atoms with van der Waals surface area (Å²) in [6.45, 7) is -0.646. The maximum Gasteiger partial charge on any atom is 0.326 e. The van der Waals surface area contributed by atoms with Crippen LogP contribution >= 0.6 is 0 Å². The van der Waals surface area contributed by atoms with E-state index in [1.807, 2.05) is 0 Å². The molecule has 3 aromatic carbocycles. The van der Waals surface area contributed by atoms with Crippen molar-refractivity contribution in [2.45, 2.75) is 5.54 Å². The number of imide groups is 1. The van der Waals surface area contributed by atoms with Gasteiger partial charge in [0, 0.05) is 17.7 Å². The lowest BCUT2D eigenvalue weighted by molar-refractivity contribution is -0.384. The first-order valence-electron chi connectivity index (χ1n) is 10.4. The van der Waals surface area contributed by atoms with Gasteiger partial charge in [0.15, 0.2) is 5.54 Å². The molecule has 3 N–H and O–H groups in total. The van der Waals surface area contributed by atoms with Crippen LogP contribution in [0.2, 0.25) is 0 Å². The van der Waals surface area contributed by atoms with E-state index in [4.69, 9.17) is 0 Å². The largest absolute Gasteiger partial charge is 0.326 e. The van der Waals surface area contributed by atoms with Gasteiger partial charge in [0.25, 0.3) is 23.4 Å². The van der Waals surface area contributed by atoms with Crippen molar-refractivity contribution in [1.29, 1.82) is 0 Å². The Balaban J connectivity index is 1.48. The lowest BCUT2D eigenvalue weighted by Gasteiger charge is -2.27. The van der Waals surface area contributed by atoms with E-state index in [-0.39, 0.29) is 11.3 Å². The van der Waals surface area contributed by atoms with E-state index < -0.39 is 40.8 Å². The minimum Gasteiger partial charge on any atom is -0.315 e. The Bertz CT molecular complexity index is 1260. The van der Waals surface area contributed by atoms with E-state index in [2.05, 4.69) is 16.2 Å². The highest BCUT2D eigenvalue weighted by Crippen LogP contribution is 2.35. The minimum absolute atomic E-state index is 0.0677. The summed E-state index contributed by atoms with van der Waals surface area (Å²) in [4.78, 5) is 61.9. The number of rotatable bonds is 6. The van der Waals surface area contributed by atoms with Crippen LogP contribution in [0.4, 0.5) is 10.5 Å². The Labute approximate surface area is 198 Å². The minimum atomic E-state index is -1.51. The molecule has 5 amide bonds. The molecule has 35 heavy (non-hydrogen) atoms.